The first-order valence-electron chi connectivity index (χ1n) is 6.39. The molecule has 1 heterocycles. The summed E-state index contributed by atoms with van der Waals surface area (Å²) < 4.78 is 33.3. The van der Waals surface area contributed by atoms with Gasteiger partial charge in [0.25, 0.3) is 5.91 Å². The Hall–Kier alpha value is -1.20. The van der Waals surface area contributed by atoms with Gasteiger partial charge in [-0.05, 0) is 25.5 Å². The molecule has 0 spiro atoms. The molecule has 0 saturated carbocycles. The molecule has 110 valence electrons. The summed E-state index contributed by atoms with van der Waals surface area (Å²) in [5.74, 6) is -2.09. The summed E-state index contributed by atoms with van der Waals surface area (Å²) in [6.45, 7) is 3.82. The standard InChI is InChI=1S/C14H16ClF2NO2/c1-8-3-4-11(16)12(13(8)17)14(19)18-6-9(2)20-10(5-15)7-18/h3-4,9-10H,5-7H2,1-2H3. The van der Waals surface area contributed by atoms with Gasteiger partial charge in [0.1, 0.15) is 17.2 Å². The number of ether oxygens (including phenoxy) is 1. The van der Waals surface area contributed by atoms with Crippen molar-refractivity contribution in [3.63, 3.8) is 0 Å². The minimum atomic E-state index is -0.848. The van der Waals surface area contributed by atoms with E-state index >= 15 is 0 Å². The smallest absolute Gasteiger partial charge is 0.260 e. The van der Waals surface area contributed by atoms with Crippen LogP contribution in [0.2, 0.25) is 0 Å². The molecule has 3 nitrogen and oxygen atoms in total. The summed E-state index contributed by atoms with van der Waals surface area (Å²) in [6, 6.07) is 2.42. The van der Waals surface area contributed by atoms with Crippen LogP contribution in [-0.2, 0) is 4.74 Å². The third-order valence-corrected chi connectivity index (χ3v) is 3.63. The van der Waals surface area contributed by atoms with Crippen molar-refractivity contribution >= 4 is 17.5 Å². The molecule has 0 aromatic heterocycles. The topological polar surface area (TPSA) is 29.5 Å². The molecule has 2 atom stereocenters. The number of morpholine rings is 1. The Morgan fingerprint density at radius 3 is 2.80 bits per heavy atom. The van der Waals surface area contributed by atoms with E-state index in [9.17, 15) is 13.6 Å². The van der Waals surface area contributed by atoms with Crippen molar-refractivity contribution in [1.82, 2.24) is 4.90 Å². The molecular weight excluding hydrogens is 288 g/mol. The summed E-state index contributed by atoms with van der Waals surface area (Å²) in [7, 11) is 0. The molecule has 1 amide bonds. The maximum atomic E-state index is 14.0. The monoisotopic (exact) mass is 303 g/mol. The van der Waals surface area contributed by atoms with Crippen LogP contribution in [0.5, 0.6) is 0 Å². The average Bonchev–Trinajstić information content (AvgIpc) is 2.42. The number of rotatable bonds is 2. The third-order valence-electron chi connectivity index (χ3n) is 3.28. The minimum Gasteiger partial charge on any atom is -0.370 e. The number of hydrogen-bond acceptors (Lipinski definition) is 2. The second-order valence-electron chi connectivity index (χ2n) is 4.99. The first-order chi connectivity index (χ1) is 9.43. The van der Waals surface area contributed by atoms with Crippen molar-refractivity contribution in [3.05, 3.63) is 34.9 Å². The van der Waals surface area contributed by atoms with Crippen molar-refractivity contribution < 1.29 is 18.3 Å². The van der Waals surface area contributed by atoms with Gasteiger partial charge in [-0.25, -0.2) is 8.78 Å². The Morgan fingerprint density at radius 2 is 2.15 bits per heavy atom. The number of halogens is 3. The van der Waals surface area contributed by atoms with Crippen LogP contribution in [0.4, 0.5) is 8.78 Å². The lowest BCUT2D eigenvalue weighted by Gasteiger charge is -2.36. The highest BCUT2D eigenvalue weighted by atomic mass is 35.5. The highest BCUT2D eigenvalue weighted by Crippen LogP contribution is 2.21. The Labute approximate surface area is 121 Å². The first-order valence-corrected chi connectivity index (χ1v) is 6.92. The molecule has 6 heteroatoms. The fourth-order valence-electron chi connectivity index (χ4n) is 2.31. The summed E-state index contributed by atoms with van der Waals surface area (Å²) in [6.07, 6.45) is -0.535. The minimum absolute atomic E-state index is 0.215. The van der Waals surface area contributed by atoms with Crippen molar-refractivity contribution in [3.8, 4) is 0 Å². The largest absolute Gasteiger partial charge is 0.370 e. The van der Waals surface area contributed by atoms with Gasteiger partial charge >= 0.3 is 0 Å². The van der Waals surface area contributed by atoms with E-state index < -0.39 is 23.1 Å². The van der Waals surface area contributed by atoms with E-state index in [1.54, 1.807) is 6.92 Å². The number of amides is 1. The van der Waals surface area contributed by atoms with Gasteiger partial charge in [-0.2, -0.15) is 0 Å². The van der Waals surface area contributed by atoms with Gasteiger partial charge in [0.15, 0.2) is 0 Å². The van der Waals surface area contributed by atoms with Crippen LogP contribution in [0.3, 0.4) is 0 Å². The number of carbonyl (C=O) groups excluding carboxylic acids is 1. The summed E-state index contributed by atoms with van der Waals surface area (Å²) in [5, 5.41) is 0. The van der Waals surface area contributed by atoms with Gasteiger partial charge in [-0.3, -0.25) is 4.79 Å². The first kappa shape index (κ1) is 15.2. The maximum Gasteiger partial charge on any atom is 0.260 e. The van der Waals surface area contributed by atoms with Gasteiger partial charge in [-0.15, -0.1) is 11.6 Å². The molecule has 0 aliphatic carbocycles. The number of hydrogen-bond donors (Lipinski definition) is 0. The van der Waals surface area contributed by atoms with Crippen LogP contribution < -0.4 is 0 Å². The molecule has 0 radical (unpaired) electrons. The van der Waals surface area contributed by atoms with Gasteiger partial charge in [0.05, 0.1) is 18.1 Å². The molecule has 1 aromatic carbocycles. The number of carbonyl (C=O) groups is 1. The Bertz CT molecular complexity index is 524. The lowest BCUT2D eigenvalue weighted by atomic mass is 10.1. The van der Waals surface area contributed by atoms with Gasteiger partial charge < -0.3 is 9.64 Å². The van der Waals surface area contributed by atoms with Crippen LogP contribution in [0.25, 0.3) is 0 Å². The van der Waals surface area contributed by atoms with Crippen molar-refractivity contribution in [1.29, 1.82) is 0 Å². The summed E-state index contributed by atoms with van der Waals surface area (Å²) >= 11 is 5.74. The average molecular weight is 304 g/mol. The molecule has 0 bridgehead atoms. The van der Waals surface area contributed by atoms with Gasteiger partial charge in [0, 0.05) is 13.1 Å². The predicted octanol–water partition coefficient (Wildman–Crippen LogP) is 2.74. The highest BCUT2D eigenvalue weighted by molar-refractivity contribution is 6.18. The van der Waals surface area contributed by atoms with E-state index in [0.29, 0.717) is 6.54 Å². The molecule has 2 rings (SSSR count). The molecule has 20 heavy (non-hydrogen) atoms. The van der Waals surface area contributed by atoms with Gasteiger partial charge in [-0.1, -0.05) is 6.07 Å². The lowest BCUT2D eigenvalue weighted by Crippen LogP contribution is -2.50. The molecule has 1 aromatic rings. The quantitative estimate of drug-likeness (QED) is 0.786. The van der Waals surface area contributed by atoms with Crippen LogP contribution in [0, 0.1) is 18.6 Å². The molecule has 2 unspecified atom stereocenters. The van der Waals surface area contributed by atoms with E-state index in [1.165, 1.54) is 17.9 Å². The second-order valence-corrected chi connectivity index (χ2v) is 5.30. The number of benzene rings is 1. The zero-order chi connectivity index (χ0) is 14.9. The zero-order valence-electron chi connectivity index (χ0n) is 11.3. The molecular formula is C14H16ClF2NO2. The van der Waals surface area contributed by atoms with Crippen LogP contribution >= 0.6 is 11.6 Å². The Morgan fingerprint density at radius 1 is 1.45 bits per heavy atom. The predicted molar refractivity (Wildman–Crippen MR) is 72.1 cm³/mol. The molecule has 1 saturated heterocycles. The van der Waals surface area contributed by atoms with E-state index in [4.69, 9.17) is 16.3 Å². The molecule has 1 fully saturated rings. The van der Waals surface area contributed by atoms with E-state index in [2.05, 4.69) is 0 Å². The fourth-order valence-corrected chi connectivity index (χ4v) is 2.48. The lowest BCUT2D eigenvalue weighted by molar-refractivity contribution is -0.0572. The Kier molecular flexibility index (Phi) is 4.60. The summed E-state index contributed by atoms with van der Waals surface area (Å²) in [5.41, 5.74) is -0.266. The maximum absolute atomic E-state index is 14.0. The fraction of sp³-hybridized carbons (Fsp3) is 0.500. The molecule has 0 N–H and O–H groups in total. The zero-order valence-corrected chi connectivity index (χ0v) is 12.1. The normalized spacial score (nSPS) is 22.9. The van der Waals surface area contributed by atoms with Gasteiger partial charge in [0.2, 0.25) is 0 Å². The van der Waals surface area contributed by atoms with E-state index in [0.717, 1.165) is 6.07 Å². The van der Waals surface area contributed by atoms with Crippen molar-refractivity contribution in [2.45, 2.75) is 26.1 Å². The number of nitrogens with zero attached hydrogens (tertiary/aromatic N) is 1. The molecule has 1 aliphatic heterocycles. The second kappa shape index (κ2) is 6.06. The third kappa shape index (κ3) is 2.94. The van der Waals surface area contributed by atoms with Crippen molar-refractivity contribution in [2.24, 2.45) is 0 Å². The van der Waals surface area contributed by atoms with Crippen LogP contribution in [-0.4, -0.2) is 42.0 Å². The Balaban J connectivity index is 2.29. The summed E-state index contributed by atoms with van der Waals surface area (Å²) in [4.78, 5) is 13.7. The molecule has 1 aliphatic rings. The number of alkyl halides is 1. The highest BCUT2D eigenvalue weighted by Gasteiger charge is 2.31. The van der Waals surface area contributed by atoms with Crippen LogP contribution in [0.1, 0.15) is 22.8 Å². The van der Waals surface area contributed by atoms with Crippen molar-refractivity contribution in [2.75, 3.05) is 19.0 Å². The van der Waals surface area contributed by atoms with E-state index in [1.807, 2.05) is 0 Å². The van der Waals surface area contributed by atoms with Crippen LogP contribution in [0.15, 0.2) is 12.1 Å². The van der Waals surface area contributed by atoms with E-state index in [-0.39, 0.29) is 30.2 Å². The number of aryl methyl sites for hydroxylation is 1. The SMILES string of the molecule is Cc1ccc(F)c(C(=O)N2CC(C)OC(CCl)C2)c1F.